The maximum atomic E-state index is 4.57. The number of anilines is 3. The lowest BCUT2D eigenvalue weighted by molar-refractivity contribution is 1.28. The van der Waals surface area contributed by atoms with Gasteiger partial charge in [0.25, 0.3) is 0 Å². The highest BCUT2D eigenvalue weighted by atomic mass is 32.1. The molecule has 5 heteroatoms. The van der Waals surface area contributed by atoms with Gasteiger partial charge in [-0.2, -0.15) is 8.75 Å². The number of benzene rings is 4. The lowest BCUT2D eigenvalue weighted by Gasteiger charge is -2.25. The maximum Gasteiger partial charge on any atom is 0.114 e. The van der Waals surface area contributed by atoms with Gasteiger partial charge in [0.15, 0.2) is 0 Å². The molecule has 38 heavy (non-hydrogen) atoms. The molecule has 6 rings (SSSR count). The SMILES string of the molecule is C=Cc1ccc(N(c2ccccc2)c2ccc(/C=C/c3ccc(-c4ccccn4)c4nsnc34)cc2)cc1. The zero-order valence-electron chi connectivity index (χ0n) is 20.6. The van der Waals surface area contributed by atoms with Gasteiger partial charge in [0.2, 0.25) is 0 Å². The molecule has 2 aromatic heterocycles. The highest BCUT2D eigenvalue weighted by molar-refractivity contribution is 7.00. The summed E-state index contributed by atoms with van der Waals surface area (Å²) in [4.78, 5) is 6.74. The van der Waals surface area contributed by atoms with Gasteiger partial charge < -0.3 is 4.90 Å². The van der Waals surface area contributed by atoms with Crippen LogP contribution in [0, 0.1) is 0 Å². The Hall–Kier alpha value is -4.87. The summed E-state index contributed by atoms with van der Waals surface area (Å²) < 4.78 is 9.13. The lowest BCUT2D eigenvalue weighted by atomic mass is 10.0. The molecule has 0 unspecified atom stereocenters. The topological polar surface area (TPSA) is 41.9 Å². The Morgan fingerprint density at radius 2 is 1.26 bits per heavy atom. The third-order valence-electron chi connectivity index (χ3n) is 6.40. The first kappa shape index (κ1) is 23.5. The fourth-order valence-electron chi connectivity index (χ4n) is 4.45. The zero-order chi connectivity index (χ0) is 25.7. The molecule has 182 valence electrons. The summed E-state index contributed by atoms with van der Waals surface area (Å²) >= 11 is 1.23. The van der Waals surface area contributed by atoms with Crippen molar-refractivity contribution in [3.8, 4) is 11.3 Å². The molecule has 0 atom stereocenters. The predicted octanol–water partition coefficient (Wildman–Crippen LogP) is 9.04. The average Bonchev–Trinajstić information content (AvgIpc) is 3.49. The number of pyridine rings is 1. The van der Waals surface area contributed by atoms with Gasteiger partial charge in [-0.15, -0.1) is 0 Å². The molecular weight excluding hydrogens is 484 g/mol. The highest BCUT2D eigenvalue weighted by Crippen LogP contribution is 2.35. The molecule has 0 bridgehead atoms. The van der Waals surface area contributed by atoms with E-state index in [4.69, 9.17) is 0 Å². The van der Waals surface area contributed by atoms with Crippen molar-refractivity contribution < 1.29 is 0 Å². The second-order valence-corrected chi connectivity index (χ2v) is 9.30. The number of fused-ring (bicyclic) bond motifs is 1. The van der Waals surface area contributed by atoms with Gasteiger partial charge in [-0.1, -0.05) is 79.4 Å². The first-order chi connectivity index (χ1) is 18.8. The van der Waals surface area contributed by atoms with E-state index in [1.54, 1.807) is 6.20 Å². The predicted molar refractivity (Wildman–Crippen MR) is 161 cm³/mol. The van der Waals surface area contributed by atoms with Crippen LogP contribution >= 0.6 is 11.7 Å². The van der Waals surface area contributed by atoms with Crippen LogP contribution in [0.25, 0.3) is 40.5 Å². The van der Waals surface area contributed by atoms with E-state index in [-0.39, 0.29) is 0 Å². The van der Waals surface area contributed by atoms with Crippen molar-refractivity contribution in [2.24, 2.45) is 0 Å². The van der Waals surface area contributed by atoms with Crippen LogP contribution in [0.15, 0.2) is 122 Å². The lowest BCUT2D eigenvalue weighted by Crippen LogP contribution is -2.09. The summed E-state index contributed by atoms with van der Waals surface area (Å²) in [6, 6.07) is 37.5. The number of hydrogen-bond donors (Lipinski definition) is 0. The summed E-state index contributed by atoms with van der Waals surface area (Å²) in [5.74, 6) is 0. The number of aromatic nitrogens is 3. The minimum absolute atomic E-state index is 0.882. The molecule has 2 heterocycles. The quantitative estimate of drug-likeness (QED) is 0.202. The minimum atomic E-state index is 0.882. The van der Waals surface area contributed by atoms with Gasteiger partial charge >= 0.3 is 0 Å². The Balaban J connectivity index is 1.30. The van der Waals surface area contributed by atoms with Gasteiger partial charge in [-0.25, -0.2) is 0 Å². The molecule has 4 aromatic carbocycles. The van der Waals surface area contributed by atoms with Crippen LogP contribution in [-0.4, -0.2) is 13.7 Å². The van der Waals surface area contributed by atoms with E-state index in [0.29, 0.717) is 0 Å². The van der Waals surface area contributed by atoms with E-state index in [9.17, 15) is 0 Å². The number of nitrogens with zero attached hydrogens (tertiary/aromatic N) is 4. The van der Waals surface area contributed by atoms with Gasteiger partial charge in [-0.05, 0) is 65.7 Å². The molecule has 0 aliphatic heterocycles. The Morgan fingerprint density at radius 3 is 1.95 bits per heavy atom. The third kappa shape index (κ3) is 4.75. The van der Waals surface area contributed by atoms with Crippen LogP contribution in [0.1, 0.15) is 16.7 Å². The monoisotopic (exact) mass is 508 g/mol. The first-order valence-electron chi connectivity index (χ1n) is 12.3. The Kier molecular flexibility index (Phi) is 6.58. The second kappa shape index (κ2) is 10.6. The van der Waals surface area contributed by atoms with E-state index >= 15 is 0 Å². The van der Waals surface area contributed by atoms with Gasteiger partial charge in [0.05, 0.1) is 17.4 Å². The molecule has 0 aliphatic carbocycles. The number of rotatable bonds is 7. The van der Waals surface area contributed by atoms with Crippen LogP contribution in [0.4, 0.5) is 17.1 Å². The Labute approximate surface area is 226 Å². The van der Waals surface area contributed by atoms with E-state index in [1.165, 1.54) is 11.7 Å². The van der Waals surface area contributed by atoms with E-state index < -0.39 is 0 Å². The molecule has 0 spiro atoms. The molecule has 0 N–H and O–H groups in total. The Morgan fingerprint density at radius 1 is 0.605 bits per heavy atom. The summed E-state index contributed by atoms with van der Waals surface area (Å²) in [7, 11) is 0. The van der Waals surface area contributed by atoms with Crippen molar-refractivity contribution in [2.45, 2.75) is 0 Å². The van der Waals surface area contributed by atoms with Crippen LogP contribution in [0.2, 0.25) is 0 Å². The largest absolute Gasteiger partial charge is 0.311 e. The average molecular weight is 509 g/mol. The smallest absolute Gasteiger partial charge is 0.114 e. The van der Waals surface area contributed by atoms with Crippen LogP contribution in [0.3, 0.4) is 0 Å². The standard InChI is InChI=1S/C33H24N4S/c1-2-24-12-18-28(19-13-24)37(27-8-4-3-5-9-27)29-20-14-25(15-21-29)11-16-26-17-22-30(31-10-6-7-23-34-31)33-32(26)35-38-36-33/h2-23H,1H2/b16-11+. The molecule has 0 radical (unpaired) electrons. The number of hydrogen-bond acceptors (Lipinski definition) is 5. The van der Waals surface area contributed by atoms with Gasteiger partial charge in [0, 0.05) is 34.4 Å². The summed E-state index contributed by atoms with van der Waals surface area (Å²) in [5, 5.41) is 0. The Bertz CT molecular complexity index is 1710. The van der Waals surface area contributed by atoms with Crippen molar-refractivity contribution in [1.82, 2.24) is 13.7 Å². The molecule has 6 aromatic rings. The number of para-hydroxylation sites is 1. The molecule has 0 saturated heterocycles. The fraction of sp³-hybridized carbons (Fsp3) is 0. The van der Waals surface area contributed by atoms with Crippen molar-refractivity contribution in [1.29, 1.82) is 0 Å². The molecule has 0 saturated carbocycles. The molecule has 4 nitrogen and oxygen atoms in total. The van der Waals surface area contributed by atoms with Gasteiger partial charge in [-0.3, -0.25) is 4.98 Å². The summed E-state index contributed by atoms with van der Waals surface area (Å²) in [6.07, 6.45) is 7.88. The van der Waals surface area contributed by atoms with Crippen molar-refractivity contribution in [3.63, 3.8) is 0 Å². The second-order valence-electron chi connectivity index (χ2n) is 8.77. The minimum Gasteiger partial charge on any atom is -0.311 e. The zero-order valence-corrected chi connectivity index (χ0v) is 21.4. The van der Waals surface area contributed by atoms with Crippen LogP contribution < -0.4 is 4.90 Å². The third-order valence-corrected chi connectivity index (χ3v) is 6.92. The van der Waals surface area contributed by atoms with Crippen LogP contribution in [0.5, 0.6) is 0 Å². The highest BCUT2D eigenvalue weighted by Gasteiger charge is 2.13. The van der Waals surface area contributed by atoms with Crippen LogP contribution in [-0.2, 0) is 0 Å². The maximum absolute atomic E-state index is 4.57. The first-order valence-corrected chi connectivity index (χ1v) is 13.1. The van der Waals surface area contributed by atoms with Crippen molar-refractivity contribution in [3.05, 3.63) is 139 Å². The van der Waals surface area contributed by atoms with E-state index in [0.717, 1.165) is 56.0 Å². The summed E-state index contributed by atoms with van der Waals surface area (Å²) in [6.45, 7) is 3.87. The van der Waals surface area contributed by atoms with Crippen molar-refractivity contribution in [2.75, 3.05) is 4.90 Å². The molecule has 0 fully saturated rings. The summed E-state index contributed by atoms with van der Waals surface area (Å²) in [5.41, 5.74) is 10.2. The molecule has 0 amide bonds. The van der Waals surface area contributed by atoms with E-state index in [2.05, 4.69) is 122 Å². The van der Waals surface area contributed by atoms with Gasteiger partial charge in [0.1, 0.15) is 11.0 Å². The molecular formula is C33H24N4S. The van der Waals surface area contributed by atoms with E-state index in [1.807, 2.05) is 30.3 Å². The fourth-order valence-corrected chi connectivity index (χ4v) is 5.03. The molecule has 0 aliphatic rings. The normalized spacial score (nSPS) is 11.2. The van der Waals surface area contributed by atoms with Crippen molar-refractivity contribution >= 4 is 58.1 Å².